The van der Waals surface area contributed by atoms with Gasteiger partial charge in [0.2, 0.25) is 5.91 Å². The molecule has 2 aromatic carbocycles. The van der Waals surface area contributed by atoms with E-state index in [4.69, 9.17) is 16.3 Å². The van der Waals surface area contributed by atoms with E-state index in [-0.39, 0.29) is 12.5 Å². The fourth-order valence-corrected chi connectivity index (χ4v) is 3.17. The maximum absolute atomic E-state index is 12.4. The number of amides is 1. The molecule has 1 aliphatic rings. The Morgan fingerprint density at radius 1 is 1.21 bits per heavy atom. The summed E-state index contributed by atoms with van der Waals surface area (Å²) in [5, 5.41) is 9.76. The normalized spacial score (nSPS) is 13.5. The van der Waals surface area contributed by atoms with E-state index in [9.17, 15) is 4.79 Å². The molecule has 29 heavy (non-hydrogen) atoms. The highest BCUT2D eigenvalue weighted by Gasteiger charge is 2.26. The molecule has 1 amide bonds. The van der Waals surface area contributed by atoms with Crippen LogP contribution in [-0.2, 0) is 11.2 Å². The van der Waals surface area contributed by atoms with Crippen LogP contribution in [0, 0.1) is 0 Å². The fourth-order valence-electron chi connectivity index (χ4n) is 3.05. The maximum atomic E-state index is 12.4. The van der Waals surface area contributed by atoms with Crippen molar-refractivity contribution in [3.63, 3.8) is 0 Å². The van der Waals surface area contributed by atoms with Crippen molar-refractivity contribution in [1.29, 1.82) is 0 Å². The summed E-state index contributed by atoms with van der Waals surface area (Å²) in [5.41, 5.74) is 1.98. The molecule has 0 aromatic heterocycles. The van der Waals surface area contributed by atoms with Gasteiger partial charge in [-0.2, -0.15) is 5.10 Å². The highest BCUT2D eigenvalue weighted by Crippen LogP contribution is 2.22. The van der Waals surface area contributed by atoms with Crippen molar-refractivity contribution in [3.05, 3.63) is 77.1 Å². The molecule has 0 fully saturated rings. The van der Waals surface area contributed by atoms with Crippen molar-refractivity contribution in [3.8, 4) is 5.75 Å². The Morgan fingerprint density at radius 2 is 1.93 bits per heavy atom. The number of nitrogens with zero attached hydrogens (tertiary/aromatic N) is 3. The number of carbonyl (C=O) groups is 1. The van der Waals surface area contributed by atoms with Crippen LogP contribution in [-0.4, -0.2) is 48.4 Å². The minimum absolute atomic E-state index is 0.105. The van der Waals surface area contributed by atoms with Crippen LogP contribution in [0.5, 0.6) is 5.75 Å². The molecule has 1 aliphatic heterocycles. The summed E-state index contributed by atoms with van der Waals surface area (Å²) < 4.78 is 5.63. The quantitative estimate of drug-likeness (QED) is 0.721. The molecular weight excluding hydrogens is 388 g/mol. The molecular formula is C22H25ClN4O2. The lowest BCUT2D eigenvalue weighted by Gasteiger charge is -2.19. The third-order valence-corrected chi connectivity index (χ3v) is 4.85. The Hall–Kier alpha value is -2.99. The molecule has 6 nitrogen and oxygen atoms in total. The van der Waals surface area contributed by atoms with Crippen LogP contribution in [0.3, 0.4) is 0 Å². The summed E-state index contributed by atoms with van der Waals surface area (Å²) in [4.78, 5) is 14.3. The average molecular weight is 413 g/mol. The van der Waals surface area contributed by atoms with Gasteiger partial charge in [-0.25, -0.2) is 5.01 Å². The van der Waals surface area contributed by atoms with Gasteiger partial charge in [0.05, 0.1) is 6.61 Å². The van der Waals surface area contributed by atoms with Gasteiger partial charge in [0, 0.05) is 24.2 Å². The van der Waals surface area contributed by atoms with E-state index >= 15 is 0 Å². The largest absolute Gasteiger partial charge is 0.494 e. The molecule has 3 rings (SSSR count). The van der Waals surface area contributed by atoms with Crippen molar-refractivity contribution in [2.24, 2.45) is 5.10 Å². The molecule has 0 saturated heterocycles. The number of benzene rings is 2. The Labute approximate surface area is 176 Å². The zero-order valence-corrected chi connectivity index (χ0v) is 17.4. The molecule has 1 N–H and O–H groups in total. The van der Waals surface area contributed by atoms with Crippen LogP contribution in [0.15, 0.2) is 66.0 Å². The Bertz CT molecular complexity index is 911. The van der Waals surface area contributed by atoms with E-state index in [1.165, 1.54) is 0 Å². The minimum atomic E-state index is -0.116. The van der Waals surface area contributed by atoms with E-state index in [2.05, 4.69) is 17.0 Å². The number of hydrogen-bond donors (Lipinski definition) is 1. The zero-order chi connectivity index (χ0) is 20.8. The molecule has 152 valence electrons. The number of para-hydroxylation sites is 1. The van der Waals surface area contributed by atoms with E-state index in [0.29, 0.717) is 30.4 Å². The summed E-state index contributed by atoms with van der Waals surface area (Å²) in [6.45, 7) is 7.23. The van der Waals surface area contributed by atoms with Crippen LogP contribution in [0.4, 0.5) is 0 Å². The van der Waals surface area contributed by atoms with Crippen LogP contribution >= 0.6 is 11.6 Å². The first-order valence-corrected chi connectivity index (χ1v) is 9.89. The first-order valence-electron chi connectivity index (χ1n) is 9.51. The number of carbonyl (C=O) groups excluding carboxylic acids is 1. The third-order valence-electron chi connectivity index (χ3n) is 4.60. The fraction of sp³-hybridized carbons (Fsp3) is 0.273. The summed E-state index contributed by atoms with van der Waals surface area (Å²) in [6, 6.07) is 15.3. The molecule has 1 heterocycles. The predicted octanol–water partition coefficient (Wildman–Crippen LogP) is 3.48. The van der Waals surface area contributed by atoms with E-state index in [0.717, 1.165) is 22.7 Å². The van der Waals surface area contributed by atoms with Crippen LogP contribution in [0.25, 0.3) is 0 Å². The smallest absolute Gasteiger partial charge is 0.241 e. The van der Waals surface area contributed by atoms with E-state index in [1.54, 1.807) is 5.01 Å². The SMILES string of the molecule is C=C1N(CC(=O)NCCc2ccccc2OCC)N=C(c2ccc(Cl)cc2)N1C. The summed E-state index contributed by atoms with van der Waals surface area (Å²) in [5.74, 6) is 2.11. The first kappa shape index (κ1) is 20.7. The number of amidine groups is 1. The number of nitrogens with one attached hydrogen (secondary N) is 1. The third kappa shape index (κ3) is 5.09. The standard InChI is InChI=1S/C22H25ClN4O2/c1-4-29-20-8-6-5-7-17(20)13-14-24-21(28)15-27-16(2)26(3)22(25-27)18-9-11-19(23)12-10-18/h5-12H,2,4,13-15H2,1,3H3,(H,24,28). The second kappa shape index (κ2) is 9.47. The number of halogens is 1. The number of hydrogen-bond acceptors (Lipinski definition) is 5. The van der Waals surface area contributed by atoms with Gasteiger partial charge in [-0.3, -0.25) is 4.79 Å². The van der Waals surface area contributed by atoms with Crippen LogP contribution in [0.2, 0.25) is 5.02 Å². The van der Waals surface area contributed by atoms with Crippen molar-refractivity contribution in [1.82, 2.24) is 15.2 Å². The number of hydrazone groups is 1. The van der Waals surface area contributed by atoms with Gasteiger partial charge < -0.3 is 15.0 Å². The van der Waals surface area contributed by atoms with Gasteiger partial charge in [-0.1, -0.05) is 36.4 Å². The second-order valence-corrected chi connectivity index (χ2v) is 7.04. The molecule has 0 spiro atoms. The second-order valence-electron chi connectivity index (χ2n) is 6.60. The Kier molecular flexibility index (Phi) is 6.77. The van der Waals surface area contributed by atoms with Gasteiger partial charge >= 0.3 is 0 Å². The average Bonchev–Trinajstić information content (AvgIpc) is 2.98. The molecule has 0 saturated carbocycles. The molecule has 0 unspecified atom stereocenters. The highest BCUT2D eigenvalue weighted by atomic mass is 35.5. The van der Waals surface area contributed by atoms with Gasteiger partial charge in [0.1, 0.15) is 18.1 Å². The van der Waals surface area contributed by atoms with E-state index in [1.807, 2.05) is 67.4 Å². The monoisotopic (exact) mass is 412 g/mol. The number of ether oxygens (including phenoxy) is 1. The highest BCUT2D eigenvalue weighted by molar-refractivity contribution is 6.30. The topological polar surface area (TPSA) is 57.2 Å². The number of rotatable bonds is 8. The Morgan fingerprint density at radius 3 is 2.66 bits per heavy atom. The molecule has 0 atom stereocenters. The predicted molar refractivity (Wildman–Crippen MR) is 116 cm³/mol. The molecule has 0 radical (unpaired) electrons. The van der Waals surface area contributed by atoms with Crippen LogP contribution < -0.4 is 10.1 Å². The summed E-state index contributed by atoms with van der Waals surface area (Å²) in [7, 11) is 1.87. The maximum Gasteiger partial charge on any atom is 0.241 e. The summed E-state index contributed by atoms with van der Waals surface area (Å²) >= 11 is 5.96. The van der Waals surface area contributed by atoms with Gasteiger partial charge in [-0.05, 0) is 49.2 Å². The molecule has 7 heteroatoms. The Balaban J connectivity index is 1.56. The van der Waals surface area contributed by atoms with Crippen molar-refractivity contribution >= 4 is 23.3 Å². The van der Waals surface area contributed by atoms with Crippen LogP contribution in [0.1, 0.15) is 18.1 Å². The van der Waals surface area contributed by atoms with Gasteiger partial charge in [0.15, 0.2) is 5.84 Å². The summed E-state index contributed by atoms with van der Waals surface area (Å²) in [6.07, 6.45) is 0.696. The van der Waals surface area contributed by atoms with Crippen molar-refractivity contribution < 1.29 is 9.53 Å². The lowest BCUT2D eigenvalue weighted by molar-refractivity contribution is -0.121. The molecule has 0 bridgehead atoms. The molecule has 2 aromatic rings. The molecule has 0 aliphatic carbocycles. The van der Waals surface area contributed by atoms with E-state index < -0.39 is 0 Å². The van der Waals surface area contributed by atoms with Crippen molar-refractivity contribution in [2.45, 2.75) is 13.3 Å². The zero-order valence-electron chi connectivity index (χ0n) is 16.7. The lowest BCUT2D eigenvalue weighted by Crippen LogP contribution is -2.35. The van der Waals surface area contributed by atoms with Gasteiger partial charge in [-0.15, -0.1) is 0 Å². The van der Waals surface area contributed by atoms with Gasteiger partial charge in [0.25, 0.3) is 0 Å². The lowest BCUT2D eigenvalue weighted by atomic mass is 10.1. The minimum Gasteiger partial charge on any atom is -0.494 e. The van der Waals surface area contributed by atoms with Crippen molar-refractivity contribution in [2.75, 3.05) is 26.7 Å². The first-order chi connectivity index (χ1) is 14.0.